The van der Waals surface area contributed by atoms with E-state index < -0.39 is 7.82 Å². The molecule has 0 saturated carbocycles. The van der Waals surface area contributed by atoms with Crippen LogP contribution in [0.2, 0.25) is 5.15 Å². The minimum absolute atomic E-state index is 0.0255. The van der Waals surface area contributed by atoms with Crippen molar-refractivity contribution >= 4 is 36.4 Å². The van der Waals surface area contributed by atoms with Gasteiger partial charge in [-0.25, -0.2) is 9.55 Å². The largest absolute Gasteiger partial charge is 0.496 e. The predicted molar refractivity (Wildman–Crippen MR) is 116 cm³/mol. The van der Waals surface area contributed by atoms with Gasteiger partial charge in [0.05, 0.1) is 36.9 Å². The molecule has 0 aromatic carbocycles. The van der Waals surface area contributed by atoms with Gasteiger partial charge in [0, 0.05) is 29.9 Å². The molecule has 0 fully saturated rings. The Balaban J connectivity index is 1.99. The smallest absolute Gasteiger partial charge is 0.469 e. The maximum Gasteiger partial charge on any atom is 0.469 e. The summed E-state index contributed by atoms with van der Waals surface area (Å²) in [5.74, 6) is 6.53. The lowest BCUT2D eigenvalue weighted by atomic mass is 10.1. The molecule has 0 spiro atoms. The van der Waals surface area contributed by atoms with E-state index in [1.54, 1.807) is 19.5 Å². The Bertz CT molecular complexity index is 1240. The molecule has 0 aliphatic heterocycles. The van der Waals surface area contributed by atoms with Crippen molar-refractivity contribution in [2.45, 2.75) is 26.8 Å². The number of fused-ring (bicyclic) bond motifs is 1. The number of phosphoric acid groups is 1. The minimum atomic E-state index is -4.52. The summed E-state index contributed by atoms with van der Waals surface area (Å²) < 4.78 is 22.4. The Morgan fingerprint density at radius 3 is 2.74 bits per heavy atom. The zero-order valence-corrected chi connectivity index (χ0v) is 18.7. The summed E-state index contributed by atoms with van der Waals surface area (Å²) in [6, 6.07) is 0. The van der Waals surface area contributed by atoms with Crippen LogP contribution >= 0.6 is 19.4 Å². The first-order chi connectivity index (χ1) is 14.6. The molecule has 12 heteroatoms. The van der Waals surface area contributed by atoms with Gasteiger partial charge in [0.25, 0.3) is 0 Å². The van der Waals surface area contributed by atoms with E-state index in [1.807, 2.05) is 18.4 Å². The molecular formula is C19H21ClN5O5P. The number of anilines is 1. The highest BCUT2D eigenvalue weighted by molar-refractivity contribution is 7.46. The molecular weight excluding hydrogens is 445 g/mol. The topological polar surface area (TPSA) is 146 Å². The van der Waals surface area contributed by atoms with Gasteiger partial charge in [-0.05, 0) is 13.8 Å². The Morgan fingerprint density at radius 2 is 2.06 bits per heavy atom. The van der Waals surface area contributed by atoms with Crippen LogP contribution in [0.3, 0.4) is 0 Å². The molecule has 0 atom stereocenters. The fraction of sp³-hybridized carbons (Fsp3) is 0.316. The predicted octanol–water partition coefficient (Wildman–Crippen LogP) is 2.59. The van der Waals surface area contributed by atoms with E-state index >= 15 is 0 Å². The number of rotatable bonds is 6. The Morgan fingerprint density at radius 1 is 1.32 bits per heavy atom. The second-order valence-corrected chi connectivity index (χ2v) is 8.26. The molecule has 164 valence electrons. The molecule has 0 saturated heterocycles. The van der Waals surface area contributed by atoms with E-state index in [4.69, 9.17) is 31.9 Å². The van der Waals surface area contributed by atoms with Gasteiger partial charge in [-0.2, -0.15) is 4.98 Å². The Hall–Kier alpha value is -2.67. The van der Waals surface area contributed by atoms with Gasteiger partial charge >= 0.3 is 7.82 Å². The highest BCUT2D eigenvalue weighted by atomic mass is 35.5. The van der Waals surface area contributed by atoms with Gasteiger partial charge in [0.2, 0.25) is 5.95 Å². The summed E-state index contributed by atoms with van der Waals surface area (Å²) in [5, 5.41) is 0.680. The summed E-state index contributed by atoms with van der Waals surface area (Å²) >= 11 is 6.31. The fourth-order valence-corrected chi connectivity index (χ4v) is 3.74. The number of aromatic nitrogens is 4. The van der Waals surface area contributed by atoms with Crippen molar-refractivity contribution < 1.29 is 23.6 Å². The maximum absolute atomic E-state index is 10.7. The average Bonchev–Trinajstić information content (AvgIpc) is 3.01. The van der Waals surface area contributed by atoms with Gasteiger partial charge in [0.1, 0.15) is 16.5 Å². The number of halogens is 1. The van der Waals surface area contributed by atoms with Crippen molar-refractivity contribution in [2.24, 2.45) is 0 Å². The quantitative estimate of drug-likeness (QED) is 0.216. The van der Waals surface area contributed by atoms with Crippen LogP contribution in [0.1, 0.15) is 28.8 Å². The third-order valence-corrected chi connectivity index (χ3v) is 5.26. The minimum Gasteiger partial charge on any atom is -0.496 e. The molecule has 3 heterocycles. The van der Waals surface area contributed by atoms with Crippen molar-refractivity contribution in [1.82, 2.24) is 19.5 Å². The van der Waals surface area contributed by atoms with E-state index in [0.29, 0.717) is 23.1 Å². The number of aryl methyl sites for hydroxylation is 1. The Kier molecular flexibility index (Phi) is 6.84. The number of nitrogens with two attached hydrogens (primary N) is 1. The van der Waals surface area contributed by atoms with Crippen molar-refractivity contribution in [3.8, 4) is 17.6 Å². The van der Waals surface area contributed by atoms with Crippen molar-refractivity contribution in [3.63, 3.8) is 0 Å². The first-order valence-corrected chi connectivity index (χ1v) is 11.0. The molecule has 0 aliphatic carbocycles. The van der Waals surface area contributed by atoms with Gasteiger partial charge < -0.3 is 24.8 Å². The van der Waals surface area contributed by atoms with Crippen LogP contribution in [0.5, 0.6) is 5.75 Å². The summed E-state index contributed by atoms with van der Waals surface area (Å²) in [4.78, 5) is 30.3. The zero-order chi connectivity index (χ0) is 22.8. The molecule has 0 unspecified atom stereocenters. The third-order valence-electron chi connectivity index (χ3n) is 4.47. The number of ether oxygens (including phenoxy) is 1. The van der Waals surface area contributed by atoms with E-state index in [9.17, 15) is 4.57 Å². The molecule has 10 nitrogen and oxygen atoms in total. The molecule has 31 heavy (non-hydrogen) atoms. The number of pyridine rings is 1. The highest BCUT2D eigenvalue weighted by Crippen LogP contribution is 2.35. The highest BCUT2D eigenvalue weighted by Gasteiger charge is 2.17. The SMILES string of the molecule is COc1c(C)cnc(Cn2cc(C#CCCOP(=O)(O)O)c3c(Cl)nc(N)nc32)c1C. The molecule has 3 rings (SSSR count). The van der Waals surface area contributed by atoms with Gasteiger partial charge in [-0.1, -0.05) is 23.4 Å². The van der Waals surface area contributed by atoms with Gasteiger partial charge in [-0.3, -0.25) is 9.51 Å². The third kappa shape index (κ3) is 5.34. The molecule has 0 bridgehead atoms. The molecule has 4 N–H and O–H groups in total. The standard InChI is InChI=1S/C19H21ClN5O5P/c1-11-8-22-14(12(2)16(11)29-3)10-25-9-13(6-4-5-7-30-31(26,27)28)15-17(20)23-19(21)24-18(15)25/h8-9H,5,7,10H2,1-3H3,(H2,21,23,24)(H2,26,27,28). The van der Waals surface area contributed by atoms with E-state index in [1.165, 1.54) is 0 Å². The first kappa shape index (κ1) is 23.0. The monoisotopic (exact) mass is 465 g/mol. The van der Waals surface area contributed by atoms with E-state index in [-0.39, 0.29) is 24.1 Å². The molecule has 3 aromatic heterocycles. The summed E-state index contributed by atoms with van der Waals surface area (Å²) in [6.45, 7) is 4.01. The lowest BCUT2D eigenvalue weighted by molar-refractivity contribution is 0.201. The van der Waals surface area contributed by atoms with Crippen LogP contribution in [-0.4, -0.2) is 43.0 Å². The molecule has 0 amide bonds. The number of nitrogen functional groups attached to an aromatic ring is 1. The van der Waals surface area contributed by atoms with Crippen LogP contribution in [0.25, 0.3) is 11.0 Å². The van der Waals surface area contributed by atoms with Gasteiger partial charge in [0.15, 0.2) is 0 Å². The second-order valence-electron chi connectivity index (χ2n) is 6.66. The average molecular weight is 466 g/mol. The second kappa shape index (κ2) is 9.22. The van der Waals surface area contributed by atoms with Crippen molar-refractivity contribution in [2.75, 3.05) is 19.5 Å². The number of hydrogen-bond acceptors (Lipinski definition) is 7. The van der Waals surface area contributed by atoms with Crippen molar-refractivity contribution in [1.29, 1.82) is 0 Å². The zero-order valence-electron chi connectivity index (χ0n) is 17.1. The lowest BCUT2D eigenvalue weighted by Crippen LogP contribution is -2.07. The summed E-state index contributed by atoms with van der Waals surface area (Å²) in [6.07, 6.45) is 3.61. The van der Waals surface area contributed by atoms with Crippen LogP contribution in [0, 0.1) is 25.7 Å². The van der Waals surface area contributed by atoms with Crippen LogP contribution in [0.15, 0.2) is 12.4 Å². The Labute approximate surface area is 183 Å². The van der Waals surface area contributed by atoms with Crippen LogP contribution in [0.4, 0.5) is 5.95 Å². The number of hydrogen-bond donors (Lipinski definition) is 3. The lowest BCUT2D eigenvalue weighted by Gasteiger charge is -2.13. The summed E-state index contributed by atoms with van der Waals surface area (Å²) in [7, 11) is -2.91. The number of nitrogens with zero attached hydrogens (tertiary/aromatic N) is 4. The van der Waals surface area contributed by atoms with E-state index in [2.05, 4.69) is 31.3 Å². The summed E-state index contributed by atoms with van der Waals surface area (Å²) in [5.41, 5.74) is 9.45. The molecule has 3 aromatic rings. The number of phosphoric ester groups is 1. The van der Waals surface area contributed by atoms with Gasteiger partial charge in [-0.15, -0.1) is 0 Å². The van der Waals surface area contributed by atoms with E-state index in [0.717, 1.165) is 22.6 Å². The van der Waals surface area contributed by atoms with Crippen LogP contribution < -0.4 is 10.5 Å². The first-order valence-electron chi connectivity index (χ1n) is 9.10. The van der Waals surface area contributed by atoms with Crippen LogP contribution in [-0.2, 0) is 15.6 Å². The fourth-order valence-electron chi connectivity index (χ4n) is 3.14. The maximum atomic E-state index is 10.7. The molecule has 0 radical (unpaired) electrons. The normalized spacial score (nSPS) is 11.4. The van der Waals surface area contributed by atoms with Crippen molar-refractivity contribution in [3.05, 3.63) is 39.9 Å². The molecule has 0 aliphatic rings. The number of methoxy groups -OCH3 is 1.